The van der Waals surface area contributed by atoms with Crippen LogP contribution < -0.4 is 19.6 Å². The van der Waals surface area contributed by atoms with Gasteiger partial charge < -0.3 is 59.1 Å². The molecular weight excluding hydrogens is 500 g/mol. The van der Waals surface area contributed by atoms with Crippen LogP contribution in [0.3, 0.4) is 0 Å². The molecule has 1 aliphatic rings. The number of aromatic hydroxyl groups is 3. The van der Waals surface area contributed by atoms with Crippen LogP contribution in [-0.2, 0) is 9.53 Å². The number of phenolic OH excluding ortho intramolecular Hbond substituents is 3. The van der Waals surface area contributed by atoms with Gasteiger partial charge in [0.2, 0.25) is 23.2 Å². The van der Waals surface area contributed by atoms with Crippen molar-refractivity contribution in [3.63, 3.8) is 0 Å². The van der Waals surface area contributed by atoms with E-state index in [0.717, 1.165) is 12.1 Å². The minimum absolute atomic E-state index is 0.0829. The van der Waals surface area contributed by atoms with Gasteiger partial charge in [-0.1, -0.05) is 0 Å². The molecule has 0 aliphatic carbocycles. The van der Waals surface area contributed by atoms with Crippen molar-refractivity contribution in [3.8, 4) is 45.8 Å². The molecule has 7 N–H and O–H groups in total. The van der Waals surface area contributed by atoms with Crippen molar-refractivity contribution >= 4 is 16.9 Å². The molecule has 1 fully saturated rings. The monoisotopic (exact) mass is 522 g/mol. The molecule has 4 rings (SSSR count). The third kappa shape index (κ3) is 4.31. The molecule has 14 nitrogen and oxygen atoms in total. The Hall–Kier alpha value is -4.24. The predicted molar refractivity (Wildman–Crippen MR) is 121 cm³/mol. The van der Waals surface area contributed by atoms with Crippen LogP contribution in [0.2, 0.25) is 0 Å². The van der Waals surface area contributed by atoms with Crippen molar-refractivity contribution in [2.24, 2.45) is 0 Å². The fourth-order valence-electron chi connectivity index (χ4n) is 3.90. The first-order valence-electron chi connectivity index (χ1n) is 10.6. The van der Waals surface area contributed by atoms with Gasteiger partial charge in [0.15, 0.2) is 34.9 Å². The molecule has 2 aromatic carbocycles. The Morgan fingerprint density at radius 1 is 0.919 bits per heavy atom. The van der Waals surface area contributed by atoms with Crippen molar-refractivity contribution in [3.05, 3.63) is 34.5 Å². The number of fused-ring (bicyclic) bond motifs is 1. The first kappa shape index (κ1) is 25.8. The molecule has 37 heavy (non-hydrogen) atoms. The Balaban J connectivity index is 1.73. The van der Waals surface area contributed by atoms with E-state index in [0.29, 0.717) is 0 Å². The smallest absolute Gasteiger partial charge is 0.335 e. The van der Waals surface area contributed by atoms with Crippen LogP contribution in [0.25, 0.3) is 22.3 Å². The normalized spacial score (nSPS) is 23.5. The summed E-state index contributed by atoms with van der Waals surface area (Å²) in [6, 6.07) is 4.61. The summed E-state index contributed by atoms with van der Waals surface area (Å²) >= 11 is 0. The van der Waals surface area contributed by atoms with Crippen molar-refractivity contribution in [1.82, 2.24) is 0 Å². The van der Waals surface area contributed by atoms with Crippen molar-refractivity contribution in [1.29, 1.82) is 0 Å². The Morgan fingerprint density at radius 3 is 2.19 bits per heavy atom. The molecule has 0 unspecified atom stereocenters. The highest BCUT2D eigenvalue weighted by molar-refractivity contribution is 5.91. The second-order valence-corrected chi connectivity index (χ2v) is 7.98. The van der Waals surface area contributed by atoms with Crippen LogP contribution in [-0.4, -0.2) is 86.6 Å². The minimum atomic E-state index is -1.93. The van der Waals surface area contributed by atoms with Gasteiger partial charge in [0.05, 0.1) is 14.2 Å². The summed E-state index contributed by atoms with van der Waals surface area (Å²) in [7, 11) is 2.36. The van der Waals surface area contributed by atoms with Gasteiger partial charge >= 0.3 is 5.97 Å². The number of ether oxygens (including phenoxy) is 4. The number of carboxylic acids is 1. The fraction of sp³-hybridized carbons (Fsp3) is 0.304. The van der Waals surface area contributed by atoms with E-state index in [9.17, 15) is 40.2 Å². The van der Waals surface area contributed by atoms with Crippen LogP contribution in [0.1, 0.15) is 0 Å². The van der Waals surface area contributed by atoms with E-state index in [2.05, 4.69) is 0 Å². The number of hydrogen-bond acceptors (Lipinski definition) is 13. The molecule has 0 radical (unpaired) electrons. The lowest BCUT2D eigenvalue weighted by Gasteiger charge is -2.38. The molecule has 198 valence electrons. The molecule has 0 saturated carbocycles. The third-order valence-electron chi connectivity index (χ3n) is 5.74. The Labute approximate surface area is 206 Å². The van der Waals surface area contributed by atoms with Crippen LogP contribution in [0.4, 0.5) is 0 Å². The van der Waals surface area contributed by atoms with Crippen molar-refractivity contribution in [2.45, 2.75) is 30.7 Å². The lowest BCUT2D eigenvalue weighted by molar-refractivity contribution is -0.271. The minimum Gasteiger partial charge on any atom is -0.504 e. The maximum Gasteiger partial charge on any atom is 0.335 e. The number of aliphatic hydroxyl groups is 3. The van der Waals surface area contributed by atoms with Gasteiger partial charge in [0.1, 0.15) is 29.3 Å². The van der Waals surface area contributed by atoms with Gasteiger partial charge in [-0.2, -0.15) is 0 Å². The number of aliphatic hydroxyl groups excluding tert-OH is 3. The summed E-state index contributed by atoms with van der Waals surface area (Å²) < 4.78 is 26.1. The third-order valence-corrected chi connectivity index (χ3v) is 5.74. The summed E-state index contributed by atoms with van der Waals surface area (Å²) in [6.45, 7) is 0. The Bertz CT molecular complexity index is 1410. The number of carboxylic acid groups (broad SMARTS) is 1. The summed E-state index contributed by atoms with van der Waals surface area (Å²) in [5.74, 6) is -4.56. The van der Waals surface area contributed by atoms with Gasteiger partial charge in [0.25, 0.3) is 0 Å². The average molecular weight is 522 g/mol. The van der Waals surface area contributed by atoms with Crippen LogP contribution in [0.15, 0.2) is 33.5 Å². The van der Waals surface area contributed by atoms with Gasteiger partial charge in [-0.3, -0.25) is 4.79 Å². The molecule has 0 bridgehead atoms. The van der Waals surface area contributed by atoms with E-state index in [1.54, 1.807) is 0 Å². The molecule has 5 atom stereocenters. The number of aliphatic carboxylic acids is 1. The van der Waals surface area contributed by atoms with E-state index < -0.39 is 59.4 Å². The van der Waals surface area contributed by atoms with Crippen molar-refractivity contribution in [2.75, 3.05) is 14.2 Å². The quantitative estimate of drug-likeness (QED) is 0.224. The Morgan fingerprint density at radius 2 is 1.59 bits per heavy atom. The highest BCUT2D eigenvalue weighted by Gasteiger charge is 2.48. The van der Waals surface area contributed by atoms with Gasteiger partial charge in [-0.25, -0.2) is 4.79 Å². The summed E-state index contributed by atoms with van der Waals surface area (Å²) in [6.07, 6.45) is -9.38. The largest absolute Gasteiger partial charge is 0.504 e. The number of methoxy groups -OCH3 is 2. The highest BCUT2D eigenvalue weighted by atomic mass is 16.7. The fourth-order valence-corrected chi connectivity index (χ4v) is 3.90. The standard InChI is InChI=1S/C23H22O14/c1-33-19-9(25)6-11-12(13(19)26)14(27)20(34-2)18(35-11)7-3-4-10(8(24)5-7)36-23-17(30)15(28)16(29)21(37-23)22(31)32/h3-6,15-17,21,23-26,28-30H,1-2H3,(H,31,32)/t15-,16-,17+,21-,23+/m1/s1. The lowest BCUT2D eigenvalue weighted by atomic mass is 9.99. The Kier molecular flexibility index (Phi) is 6.75. The second kappa shape index (κ2) is 9.67. The zero-order valence-electron chi connectivity index (χ0n) is 19.2. The second-order valence-electron chi connectivity index (χ2n) is 7.98. The number of carbonyl (C=O) groups is 1. The van der Waals surface area contributed by atoms with E-state index in [4.69, 9.17) is 28.5 Å². The first-order chi connectivity index (χ1) is 17.5. The topological polar surface area (TPSA) is 226 Å². The molecule has 0 amide bonds. The summed E-state index contributed by atoms with van der Waals surface area (Å²) in [4.78, 5) is 24.3. The molecular formula is C23H22O14. The van der Waals surface area contributed by atoms with Crippen molar-refractivity contribution < 1.29 is 63.9 Å². The zero-order chi connectivity index (χ0) is 27.2. The highest BCUT2D eigenvalue weighted by Crippen LogP contribution is 2.44. The first-order valence-corrected chi connectivity index (χ1v) is 10.6. The van der Waals surface area contributed by atoms with E-state index in [-0.39, 0.29) is 39.5 Å². The molecule has 14 heteroatoms. The van der Waals surface area contributed by atoms with Crippen LogP contribution in [0.5, 0.6) is 34.5 Å². The maximum absolute atomic E-state index is 13.0. The lowest BCUT2D eigenvalue weighted by Crippen LogP contribution is -2.61. The van der Waals surface area contributed by atoms with Gasteiger partial charge in [-0.15, -0.1) is 0 Å². The van der Waals surface area contributed by atoms with Gasteiger partial charge in [0, 0.05) is 11.6 Å². The average Bonchev–Trinajstić information content (AvgIpc) is 2.84. The van der Waals surface area contributed by atoms with E-state index in [1.807, 2.05) is 0 Å². The maximum atomic E-state index is 13.0. The molecule has 0 spiro atoms. The number of rotatable bonds is 6. The number of benzene rings is 2. The zero-order valence-corrected chi connectivity index (χ0v) is 19.2. The molecule has 1 saturated heterocycles. The number of hydrogen-bond donors (Lipinski definition) is 7. The predicted octanol–water partition coefficient (Wildman–Crippen LogP) is -0.135. The number of phenols is 3. The molecule has 1 aromatic heterocycles. The van der Waals surface area contributed by atoms with Crippen LogP contribution in [0, 0.1) is 0 Å². The SMILES string of the molecule is COc1c(O)cc2oc(-c3ccc(O[C@H]4O[C@@H](C(=O)O)[C@H](O)[C@@H](O)[C@@H]4O)c(O)c3)c(OC)c(=O)c2c1O. The van der Waals surface area contributed by atoms with E-state index >= 15 is 0 Å². The summed E-state index contributed by atoms with van der Waals surface area (Å²) in [5, 5.41) is 69.6. The molecule has 3 aromatic rings. The molecule has 2 heterocycles. The van der Waals surface area contributed by atoms with Crippen LogP contribution >= 0.6 is 0 Å². The van der Waals surface area contributed by atoms with Gasteiger partial charge in [-0.05, 0) is 18.2 Å². The summed E-state index contributed by atoms with van der Waals surface area (Å²) in [5.41, 5.74) is -0.942. The molecule has 1 aliphatic heterocycles. The van der Waals surface area contributed by atoms with E-state index in [1.165, 1.54) is 26.4 Å².